The van der Waals surface area contributed by atoms with Crippen molar-refractivity contribution in [1.29, 1.82) is 0 Å². The van der Waals surface area contributed by atoms with E-state index >= 15 is 0 Å². The van der Waals surface area contributed by atoms with Gasteiger partial charge in [-0.1, -0.05) is 12.1 Å². The van der Waals surface area contributed by atoms with Crippen molar-refractivity contribution in [2.45, 2.75) is 6.92 Å². The van der Waals surface area contributed by atoms with Gasteiger partial charge in [0.15, 0.2) is 5.82 Å². The molecule has 0 amide bonds. The second kappa shape index (κ2) is 6.12. The van der Waals surface area contributed by atoms with Crippen LogP contribution in [0.15, 0.2) is 48.8 Å². The van der Waals surface area contributed by atoms with Gasteiger partial charge in [-0.2, -0.15) is 5.10 Å². The average molecular weight is 373 g/mol. The van der Waals surface area contributed by atoms with Crippen LogP contribution in [0, 0.1) is 12.7 Å². The summed E-state index contributed by atoms with van der Waals surface area (Å²) in [4.78, 5) is 16.7. The van der Waals surface area contributed by atoms with E-state index in [0.717, 1.165) is 22.7 Å². The number of imidazole rings is 2. The number of pyridine rings is 1. The minimum absolute atomic E-state index is 0.310. The molecule has 0 fully saturated rings. The molecule has 138 valence electrons. The van der Waals surface area contributed by atoms with Crippen molar-refractivity contribution in [2.75, 3.05) is 0 Å². The lowest BCUT2D eigenvalue weighted by molar-refractivity contribution is 0.628. The molecule has 7 nitrogen and oxygen atoms in total. The summed E-state index contributed by atoms with van der Waals surface area (Å²) in [6.07, 6.45) is 3.48. The lowest BCUT2D eigenvalue weighted by atomic mass is 10.1. The highest BCUT2D eigenvalue weighted by molar-refractivity contribution is 5.91. The van der Waals surface area contributed by atoms with Crippen LogP contribution in [0.1, 0.15) is 5.82 Å². The number of nitrogens with one attached hydrogen (secondary N) is 2. The maximum Gasteiger partial charge on any atom is 0.159 e. The Bertz CT molecular complexity index is 1310. The molecule has 0 atom stereocenters. The van der Waals surface area contributed by atoms with E-state index in [4.69, 9.17) is 0 Å². The third-order valence-electron chi connectivity index (χ3n) is 4.82. The van der Waals surface area contributed by atoms with E-state index in [1.165, 1.54) is 12.1 Å². The first-order valence-corrected chi connectivity index (χ1v) is 8.75. The fraction of sp³-hybridized carbons (Fsp3) is 0.100. The predicted molar refractivity (Wildman–Crippen MR) is 104 cm³/mol. The topological polar surface area (TPSA) is 88.1 Å². The first kappa shape index (κ1) is 16.4. The van der Waals surface area contributed by atoms with E-state index < -0.39 is 0 Å². The van der Waals surface area contributed by atoms with E-state index in [-0.39, 0.29) is 5.82 Å². The Kier molecular flexibility index (Phi) is 3.58. The molecule has 5 aromatic rings. The Morgan fingerprint density at radius 3 is 2.79 bits per heavy atom. The standard InChI is InChI=1S/C20H16FN7/c1-11-23-10-17(28(11)2)15-9-16(27-26-15)20-24-14-6-7-22-18(19(14)25-20)12-4-3-5-13(21)8-12/h3-10H,1-2H3,(H,24,25)(H,26,27). The minimum atomic E-state index is -0.310. The van der Waals surface area contributed by atoms with Crippen molar-refractivity contribution >= 4 is 11.0 Å². The summed E-state index contributed by atoms with van der Waals surface area (Å²) in [5.41, 5.74) is 5.25. The van der Waals surface area contributed by atoms with Gasteiger partial charge in [0.1, 0.15) is 22.9 Å². The molecule has 0 saturated carbocycles. The number of aromatic nitrogens is 7. The molecule has 28 heavy (non-hydrogen) atoms. The lowest BCUT2D eigenvalue weighted by Gasteiger charge is -2.01. The van der Waals surface area contributed by atoms with Gasteiger partial charge in [-0.25, -0.2) is 14.4 Å². The van der Waals surface area contributed by atoms with Crippen LogP contribution in [0.4, 0.5) is 4.39 Å². The number of halogens is 1. The molecule has 0 unspecified atom stereocenters. The summed E-state index contributed by atoms with van der Waals surface area (Å²) < 4.78 is 15.6. The summed E-state index contributed by atoms with van der Waals surface area (Å²) in [5, 5.41) is 7.42. The van der Waals surface area contributed by atoms with Gasteiger partial charge in [-0.15, -0.1) is 0 Å². The van der Waals surface area contributed by atoms with Crippen LogP contribution in [-0.2, 0) is 7.05 Å². The molecule has 1 aromatic carbocycles. The van der Waals surface area contributed by atoms with Crippen LogP contribution in [0.3, 0.4) is 0 Å². The largest absolute Gasteiger partial charge is 0.336 e. The Hall–Kier alpha value is -3.81. The summed E-state index contributed by atoms with van der Waals surface area (Å²) in [7, 11) is 1.95. The van der Waals surface area contributed by atoms with E-state index in [1.54, 1.807) is 18.5 Å². The van der Waals surface area contributed by atoms with Gasteiger partial charge in [0.25, 0.3) is 0 Å². The van der Waals surface area contributed by atoms with Gasteiger partial charge in [-0.05, 0) is 31.2 Å². The van der Waals surface area contributed by atoms with Crippen molar-refractivity contribution < 1.29 is 4.39 Å². The summed E-state index contributed by atoms with van der Waals surface area (Å²) in [6.45, 7) is 1.95. The van der Waals surface area contributed by atoms with Crippen molar-refractivity contribution in [3.8, 4) is 34.2 Å². The molecular weight excluding hydrogens is 357 g/mol. The van der Waals surface area contributed by atoms with Gasteiger partial charge < -0.3 is 9.55 Å². The number of aryl methyl sites for hydroxylation is 1. The highest BCUT2D eigenvalue weighted by atomic mass is 19.1. The number of rotatable bonds is 3. The fourth-order valence-electron chi connectivity index (χ4n) is 3.23. The van der Waals surface area contributed by atoms with Crippen LogP contribution in [0.25, 0.3) is 45.2 Å². The second-order valence-corrected chi connectivity index (χ2v) is 6.57. The van der Waals surface area contributed by atoms with Crippen LogP contribution in [0.5, 0.6) is 0 Å². The van der Waals surface area contributed by atoms with Crippen LogP contribution in [-0.4, -0.2) is 34.7 Å². The molecule has 0 saturated heterocycles. The molecule has 4 aromatic heterocycles. The minimum Gasteiger partial charge on any atom is -0.336 e. The molecule has 5 rings (SSSR count). The first-order valence-electron chi connectivity index (χ1n) is 8.75. The van der Waals surface area contributed by atoms with E-state index in [9.17, 15) is 4.39 Å². The zero-order valence-corrected chi connectivity index (χ0v) is 15.2. The monoisotopic (exact) mass is 373 g/mol. The molecule has 0 aliphatic heterocycles. The average Bonchev–Trinajstić information content (AvgIpc) is 3.40. The lowest BCUT2D eigenvalue weighted by Crippen LogP contribution is -1.94. The van der Waals surface area contributed by atoms with Crippen molar-refractivity contribution in [3.63, 3.8) is 0 Å². The molecule has 4 heterocycles. The van der Waals surface area contributed by atoms with Crippen LogP contribution < -0.4 is 0 Å². The van der Waals surface area contributed by atoms with E-state index in [2.05, 4.69) is 30.1 Å². The number of H-pyrrole nitrogens is 2. The Balaban J connectivity index is 1.60. The van der Waals surface area contributed by atoms with Crippen molar-refractivity contribution in [1.82, 2.24) is 34.7 Å². The number of fused-ring (bicyclic) bond motifs is 1. The maximum absolute atomic E-state index is 13.6. The second-order valence-electron chi connectivity index (χ2n) is 6.57. The SMILES string of the molecule is Cc1ncc(-c2cc(-c3nc4c(-c5cccc(F)c5)nccc4[nH]3)n[nH]2)n1C. The normalized spacial score (nSPS) is 11.4. The quantitative estimate of drug-likeness (QED) is 0.503. The van der Waals surface area contributed by atoms with Crippen molar-refractivity contribution in [2.24, 2.45) is 7.05 Å². The van der Waals surface area contributed by atoms with Gasteiger partial charge >= 0.3 is 0 Å². The smallest absolute Gasteiger partial charge is 0.159 e. The Morgan fingerprint density at radius 1 is 1.11 bits per heavy atom. The van der Waals surface area contributed by atoms with Crippen LogP contribution >= 0.6 is 0 Å². The Labute approximate surface area is 159 Å². The van der Waals surface area contributed by atoms with Gasteiger partial charge in [0.05, 0.1) is 28.8 Å². The zero-order valence-electron chi connectivity index (χ0n) is 15.2. The predicted octanol–water partition coefficient (Wildman–Crippen LogP) is 3.86. The highest BCUT2D eigenvalue weighted by Crippen LogP contribution is 2.29. The number of benzene rings is 1. The van der Waals surface area contributed by atoms with E-state index in [0.29, 0.717) is 28.3 Å². The molecular formula is C20H16FN7. The molecule has 0 radical (unpaired) electrons. The molecule has 0 spiro atoms. The summed E-state index contributed by atoms with van der Waals surface area (Å²) >= 11 is 0. The summed E-state index contributed by atoms with van der Waals surface area (Å²) in [6, 6.07) is 10.1. The first-order chi connectivity index (χ1) is 13.6. The molecule has 0 aliphatic rings. The molecule has 8 heteroatoms. The van der Waals surface area contributed by atoms with Crippen molar-refractivity contribution in [3.05, 3.63) is 60.4 Å². The fourth-order valence-corrected chi connectivity index (χ4v) is 3.23. The maximum atomic E-state index is 13.6. The zero-order chi connectivity index (χ0) is 19.3. The van der Waals surface area contributed by atoms with Gasteiger partial charge in [0, 0.05) is 18.8 Å². The third-order valence-corrected chi connectivity index (χ3v) is 4.82. The number of hydrogen-bond donors (Lipinski definition) is 2. The van der Waals surface area contributed by atoms with Gasteiger partial charge in [0.2, 0.25) is 0 Å². The Morgan fingerprint density at radius 2 is 2.00 bits per heavy atom. The van der Waals surface area contributed by atoms with Gasteiger partial charge in [-0.3, -0.25) is 10.1 Å². The highest BCUT2D eigenvalue weighted by Gasteiger charge is 2.15. The molecule has 0 bridgehead atoms. The molecule has 2 N–H and O–H groups in total. The molecule has 0 aliphatic carbocycles. The number of hydrogen-bond acceptors (Lipinski definition) is 4. The summed E-state index contributed by atoms with van der Waals surface area (Å²) in [5.74, 6) is 1.22. The van der Waals surface area contributed by atoms with E-state index in [1.807, 2.05) is 36.7 Å². The van der Waals surface area contributed by atoms with Crippen LogP contribution in [0.2, 0.25) is 0 Å². The number of aromatic amines is 2. The number of nitrogens with zero attached hydrogens (tertiary/aromatic N) is 5. The third kappa shape index (κ3) is 2.58.